The van der Waals surface area contributed by atoms with E-state index < -0.39 is 11.7 Å². The second kappa shape index (κ2) is 7.89. The van der Waals surface area contributed by atoms with Gasteiger partial charge in [0.25, 0.3) is 0 Å². The number of aryl methyl sites for hydroxylation is 1. The Bertz CT molecular complexity index is 1020. The molecule has 4 nitrogen and oxygen atoms in total. The van der Waals surface area contributed by atoms with Crippen LogP contribution in [0, 0.1) is 11.7 Å². The van der Waals surface area contributed by atoms with E-state index in [1.807, 2.05) is 54.8 Å². The summed E-state index contributed by atoms with van der Waals surface area (Å²) < 4.78 is 42.2. The maximum atomic E-state index is 12.7. The van der Waals surface area contributed by atoms with Gasteiger partial charge in [-0.15, -0.1) is 0 Å². The van der Waals surface area contributed by atoms with E-state index in [2.05, 4.69) is 5.10 Å². The van der Waals surface area contributed by atoms with Gasteiger partial charge < -0.3 is 4.57 Å². The van der Waals surface area contributed by atoms with Gasteiger partial charge >= 0.3 is 6.18 Å². The lowest BCUT2D eigenvalue weighted by atomic mass is 10.1. The van der Waals surface area contributed by atoms with E-state index >= 15 is 0 Å². The lowest BCUT2D eigenvalue weighted by Gasteiger charge is -2.17. The molecule has 1 heterocycles. The van der Waals surface area contributed by atoms with Gasteiger partial charge in [0.2, 0.25) is 0 Å². The van der Waals surface area contributed by atoms with Crippen LogP contribution in [-0.4, -0.2) is 26.3 Å². The predicted molar refractivity (Wildman–Crippen MR) is 105 cm³/mol. The van der Waals surface area contributed by atoms with E-state index in [1.165, 1.54) is 12.1 Å². The molecule has 0 amide bonds. The third-order valence-electron chi connectivity index (χ3n) is 4.54. The van der Waals surface area contributed by atoms with E-state index in [-0.39, 0.29) is 0 Å². The molecule has 3 aromatic rings. The van der Waals surface area contributed by atoms with Gasteiger partial charge in [-0.2, -0.15) is 18.3 Å². The van der Waals surface area contributed by atoms with Crippen LogP contribution in [-0.2, 0) is 26.4 Å². The summed E-state index contributed by atoms with van der Waals surface area (Å²) in [5, 5.41) is 4.65. The molecule has 0 aliphatic carbocycles. The van der Waals surface area contributed by atoms with Gasteiger partial charge in [0.15, 0.2) is 10.6 Å². The number of nitrogens with zero attached hydrogens (tertiary/aromatic N) is 4. The van der Waals surface area contributed by atoms with Crippen LogP contribution in [0.25, 0.3) is 11.4 Å². The van der Waals surface area contributed by atoms with Gasteiger partial charge in [-0.1, -0.05) is 36.4 Å². The predicted octanol–water partition coefficient (Wildman–Crippen LogP) is 5.03. The molecule has 0 saturated carbocycles. The molecule has 0 radical (unpaired) electrons. The van der Waals surface area contributed by atoms with Crippen LogP contribution >= 0.6 is 12.2 Å². The van der Waals surface area contributed by atoms with Crippen LogP contribution in [0.4, 0.5) is 13.2 Å². The Balaban J connectivity index is 1.76. The van der Waals surface area contributed by atoms with Gasteiger partial charge in [-0.25, -0.2) is 4.68 Å². The van der Waals surface area contributed by atoms with Gasteiger partial charge in [0.05, 0.1) is 12.2 Å². The molecule has 148 valence electrons. The summed E-state index contributed by atoms with van der Waals surface area (Å²) in [6.07, 6.45) is -4.32. The first-order chi connectivity index (χ1) is 13.2. The second-order valence-corrected chi connectivity index (χ2v) is 7.20. The number of rotatable bonds is 5. The van der Waals surface area contributed by atoms with Gasteiger partial charge in [-0.3, -0.25) is 4.90 Å². The van der Waals surface area contributed by atoms with Crippen molar-refractivity contribution in [3.8, 4) is 11.4 Å². The molecule has 0 atom stereocenters. The van der Waals surface area contributed by atoms with E-state index in [4.69, 9.17) is 12.2 Å². The first-order valence-electron chi connectivity index (χ1n) is 8.71. The molecular weight excluding hydrogens is 385 g/mol. The summed E-state index contributed by atoms with van der Waals surface area (Å²) >= 11 is 5.51. The van der Waals surface area contributed by atoms with E-state index in [0.717, 1.165) is 34.6 Å². The maximum Gasteiger partial charge on any atom is 0.416 e. The largest absolute Gasteiger partial charge is 0.416 e. The molecule has 28 heavy (non-hydrogen) atoms. The third kappa shape index (κ3) is 4.34. The van der Waals surface area contributed by atoms with Gasteiger partial charge in [0, 0.05) is 19.2 Å². The average Bonchev–Trinajstić information content (AvgIpc) is 2.90. The first kappa shape index (κ1) is 20.3. The zero-order valence-electron chi connectivity index (χ0n) is 15.9. The van der Waals surface area contributed by atoms with Crippen molar-refractivity contribution in [2.45, 2.75) is 26.3 Å². The molecule has 2 aromatic carbocycles. The van der Waals surface area contributed by atoms with Crippen LogP contribution in [0.15, 0.2) is 48.5 Å². The molecule has 0 aliphatic rings. The van der Waals surface area contributed by atoms with Gasteiger partial charge in [-0.05, 0) is 49.4 Å². The van der Waals surface area contributed by atoms with Crippen molar-refractivity contribution in [2.75, 3.05) is 7.05 Å². The molecule has 0 fully saturated rings. The molecule has 0 bridgehead atoms. The summed E-state index contributed by atoms with van der Waals surface area (Å²) in [6, 6.07) is 13.2. The number of aromatic nitrogens is 3. The van der Waals surface area contributed by atoms with Crippen LogP contribution in [0.2, 0.25) is 0 Å². The highest BCUT2D eigenvalue weighted by atomic mass is 32.1. The molecule has 0 unspecified atom stereocenters. The average molecular weight is 406 g/mol. The maximum absolute atomic E-state index is 12.7. The first-order valence-corrected chi connectivity index (χ1v) is 9.12. The number of hydrogen-bond acceptors (Lipinski definition) is 3. The molecular formula is C20H21F3N4S. The fourth-order valence-electron chi connectivity index (χ4n) is 3.03. The van der Waals surface area contributed by atoms with E-state index in [1.54, 1.807) is 4.68 Å². The Morgan fingerprint density at radius 2 is 1.71 bits per heavy atom. The summed E-state index contributed by atoms with van der Waals surface area (Å²) in [4.78, 5) is 1.95. The summed E-state index contributed by atoms with van der Waals surface area (Å²) in [5.41, 5.74) is 2.27. The minimum Gasteiger partial charge on any atom is -0.303 e. The molecule has 0 aliphatic heterocycles. The highest BCUT2D eigenvalue weighted by molar-refractivity contribution is 7.71. The monoisotopic (exact) mass is 406 g/mol. The lowest BCUT2D eigenvalue weighted by Crippen LogP contribution is -2.22. The summed E-state index contributed by atoms with van der Waals surface area (Å²) in [5.74, 6) is 0.783. The minimum atomic E-state index is -4.32. The highest BCUT2D eigenvalue weighted by Gasteiger charge is 2.29. The van der Waals surface area contributed by atoms with Crippen molar-refractivity contribution >= 4 is 12.2 Å². The van der Waals surface area contributed by atoms with Crippen molar-refractivity contribution in [1.82, 2.24) is 19.2 Å². The molecule has 1 aromatic heterocycles. The van der Waals surface area contributed by atoms with Gasteiger partial charge in [0.1, 0.15) is 0 Å². The second-order valence-electron chi connectivity index (χ2n) is 6.83. The summed E-state index contributed by atoms with van der Waals surface area (Å²) in [6.45, 7) is 2.93. The van der Waals surface area contributed by atoms with Crippen molar-refractivity contribution < 1.29 is 13.2 Å². The fourth-order valence-corrected chi connectivity index (χ4v) is 3.21. The number of alkyl halides is 3. The Labute approximate surface area is 166 Å². The number of halogens is 3. The number of hydrogen-bond donors (Lipinski definition) is 0. The molecule has 0 spiro atoms. The van der Waals surface area contributed by atoms with Crippen molar-refractivity contribution in [3.63, 3.8) is 0 Å². The smallest absolute Gasteiger partial charge is 0.303 e. The van der Waals surface area contributed by atoms with Crippen LogP contribution < -0.4 is 0 Å². The Kier molecular flexibility index (Phi) is 5.71. The van der Waals surface area contributed by atoms with E-state index in [9.17, 15) is 13.2 Å². The minimum absolute atomic E-state index is 0.430. The van der Waals surface area contributed by atoms with Crippen LogP contribution in [0.3, 0.4) is 0 Å². The molecule has 3 rings (SSSR count). The number of benzene rings is 2. The van der Waals surface area contributed by atoms with E-state index in [0.29, 0.717) is 18.0 Å². The highest BCUT2D eigenvalue weighted by Crippen LogP contribution is 2.29. The normalized spacial score (nSPS) is 12.0. The standard InChI is InChI=1S/C20H21F3N4S/c1-14-6-4-5-7-17(14)18-24-27(19(28)26(18)3)13-25(2)12-15-8-10-16(11-9-15)20(21,22)23/h4-11H,12-13H2,1-3H3. The zero-order chi connectivity index (χ0) is 20.5. The Morgan fingerprint density at radius 1 is 1.07 bits per heavy atom. The van der Waals surface area contributed by atoms with Crippen LogP contribution in [0.1, 0.15) is 16.7 Å². The molecule has 0 saturated heterocycles. The van der Waals surface area contributed by atoms with Crippen LogP contribution in [0.5, 0.6) is 0 Å². The quantitative estimate of drug-likeness (QED) is 0.556. The molecule has 0 N–H and O–H groups in total. The van der Waals surface area contributed by atoms with Crippen molar-refractivity contribution in [2.24, 2.45) is 7.05 Å². The SMILES string of the molecule is Cc1ccccc1-c1nn(CN(C)Cc2ccc(C(F)(F)F)cc2)c(=S)n1C. The molecule has 8 heteroatoms. The van der Waals surface area contributed by atoms with Crippen molar-refractivity contribution in [3.05, 3.63) is 70.0 Å². The Morgan fingerprint density at radius 3 is 2.32 bits per heavy atom. The zero-order valence-corrected chi connectivity index (χ0v) is 16.7. The lowest BCUT2D eigenvalue weighted by molar-refractivity contribution is -0.137. The summed E-state index contributed by atoms with van der Waals surface area (Å²) in [7, 11) is 3.75. The topological polar surface area (TPSA) is 26.0 Å². The fraction of sp³-hybridized carbons (Fsp3) is 0.300. The third-order valence-corrected chi connectivity index (χ3v) is 5.02. The Hall–Kier alpha value is -2.45. The van der Waals surface area contributed by atoms with Crippen molar-refractivity contribution in [1.29, 1.82) is 0 Å².